The van der Waals surface area contributed by atoms with Gasteiger partial charge in [-0.05, 0) is 50.3 Å². The molecule has 1 fully saturated rings. The smallest absolute Gasteiger partial charge is 0.262 e. The number of aryl methyl sites for hydroxylation is 1. The van der Waals surface area contributed by atoms with Crippen LogP contribution in [0, 0.1) is 12.8 Å². The molecule has 1 saturated heterocycles. The van der Waals surface area contributed by atoms with Crippen molar-refractivity contribution in [2.24, 2.45) is 5.92 Å². The van der Waals surface area contributed by atoms with Crippen LogP contribution in [0.3, 0.4) is 0 Å². The first-order valence-corrected chi connectivity index (χ1v) is 10.5. The molecule has 1 amide bonds. The summed E-state index contributed by atoms with van der Waals surface area (Å²) in [6.45, 7) is 3.65. The Labute approximate surface area is 179 Å². The number of fused-ring (bicyclic) bond motifs is 1. The third-order valence-electron chi connectivity index (χ3n) is 5.64. The number of aromatic nitrogens is 5. The first-order chi connectivity index (χ1) is 15.2. The molecule has 8 heteroatoms. The summed E-state index contributed by atoms with van der Waals surface area (Å²) in [5, 5.41) is 12.1. The molecule has 0 unspecified atom stereocenters. The molecule has 4 aromatic rings. The number of hydrogen-bond acceptors (Lipinski definition) is 5. The highest BCUT2D eigenvalue weighted by Gasteiger charge is 2.20. The molecule has 0 radical (unpaired) electrons. The molecule has 1 aliphatic rings. The lowest BCUT2D eigenvalue weighted by Crippen LogP contribution is -2.17. The highest BCUT2D eigenvalue weighted by Crippen LogP contribution is 2.24. The van der Waals surface area contributed by atoms with E-state index in [0.29, 0.717) is 22.9 Å². The Morgan fingerprint density at radius 1 is 1.23 bits per heavy atom. The van der Waals surface area contributed by atoms with Crippen LogP contribution in [0.4, 0.5) is 5.82 Å². The maximum atomic E-state index is 13.1. The van der Waals surface area contributed by atoms with Crippen LogP contribution in [-0.4, -0.2) is 43.5 Å². The minimum Gasteiger partial charge on any atom is -0.381 e. The standard InChI is InChI=1S/C23H24N6O2/c1-16-3-5-19(6-4-16)29-21(14-18(27-29)13-17-7-11-31-12-8-17)26-23(30)20-15-25-28-10-2-9-24-22(20)28/h2-6,9-10,14-15,17H,7-8,11-13H2,1H3,(H,26,30). The van der Waals surface area contributed by atoms with Gasteiger partial charge in [0.15, 0.2) is 5.65 Å². The topological polar surface area (TPSA) is 86.3 Å². The first-order valence-electron chi connectivity index (χ1n) is 10.5. The molecule has 158 valence electrons. The van der Waals surface area contributed by atoms with E-state index in [1.807, 2.05) is 37.3 Å². The van der Waals surface area contributed by atoms with E-state index in [9.17, 15) is 4.79 Å². The number of carbonyl (C=O) groups is 1. The van der Waals surface area contributed by atoms with Crippen molar-refractivity contribution in [3.63, 3.8) is 0 Å². The van der Waals surface area contributed by atoms with Crippen molar-refractivity contribution in [1.29, 1.82) is 0 Å². The van der Waals surface area contributed by atoms with Crippen LogP contribution >= 0.6 is 0 Å². The van der Waals surface area contributed by atoms with Crippen molar-refractivity contribution in [2.45, 2.75) is 26.2 Å². The maximum Gasteiger partial charge on any atom is 0.262 e. The summed E-state index contributed by atoms with van der Waals surface area (Å²) in [5.74, 6) is 0.910. The van der Waals surface area contributed by atoms with Gasteiger partial charge in [-0.3, -0.25) is 4.79 Å². The second kappa shape index (κ2) is 8.31. The summed E-state index contributed by atoms with van der Waals surface area (Å²) in [4.78, 5) is 17.3. The molecule has 0 spiro atoms. The fourth-order valence-electron chi connectivity index (χ4n) is 3.92. The molecule has 4 heterocycles. The first kappa shape index (κ1) is 19.4. The van der Waals surface area contributed by atoms with Gasteiger partial charge < -0.3 is 10.1 Å². The Hall–Kier alpha value is -3.52. The van der Waals surface area contributed by atoms with Crippen molar-refractivity contribution in [3.8, 4) is 5.69 Å². The van der Waals surface area contributed by atoms with Gasteiger partial charge in [-0.2, -0.15) is 10.2 Å². The fourth-order valence-corrected chi connectivity index (χ4v) is 3.92. The molecule has 1 aromatic carbocycles. The number of hydrogen-bond donors (Lipinski definition) is 1. The molecular weight excluding hydrogens is 392 g/mol. The minimum atomic E-state index is -0.264. The summed E-state index contributed by atoms with van der Waals surface area (Å²) in [6.07, 6.45) is 7.88. The van der Waals surface area contributed by atoms with Gasteiger partial charge in [0.1, 0.15) is 11.4 Å². The van der Waals surface area contributed by atoms with Gasteiger partial charge in [0.25, 0.3) is 5.91 Å². The second-order valence-corrected chi connectivity index (χ2v) is 7.93. The van der Waals surface area contributed by atoms with Crippen LogP contribution in [0.5, 0.6) is 0 Å². The molecule has 0 atom stereocenters. The van der Waals surface area contributed by atoms with E-state index in [4.69, 9.17) is 9.84 Å². The average Bonchev–Trinajstić information content (AvgIpc) is 3.39. The van der Waals surface area contributed by atoms with Gasteiger partial charge in [0.05, 0.1) is 17.6 Å². The van der Waals surface area contributed by atoms with Gasteiger partial charge in [0.2, 0.25) is 0 Å². The molecule has 8 nitrogen and oxygen atoms in total. The molecule has 0 bridgehead atoms. The fraction of sp³-hybridized carbons (Fsp3) is 0.304. The van der Waals surface area contributed by atoms with Crippen LogP contribution < -0.4 is 5.32 Å². The minimum absolute atomic E-state index is 0.264. The Bertz CT molecular complexity index is 1200. The molecule has 3 aromatic heterocycles. The van der Waals surface area contributed by atoms with E-state index in [2.05, 4.69) is 15.4 Å². The van der Waals surface area contributed by atoms with Crippen LogP contribution in [0.2, 0.25) is 0 Å². The van der Waals surface area contributed by atoms with Crippen molar-refractivity contribution in [1.82, 2.24) is 24.4 Å². The number of anilines is 1. The van der Waals surface area contributed by atoms with Crippen molar-refractivity contribution in [3.05, 3.63) is 71.8 Å². The Kier molecular flexibility index (Phi) is 5.21. The van der Waals surface area contributed by atoms with Gasteiger partial charge in [0, 0.05) is 31.7 Å². The molecule has 0 saturated carbocycles. The lowest BCUT2D eigenvalue weighted by atomic mass is 9.95. The zero-order chi connectivity index (χ0) is 21.2. The van der Waals surface area contributed by atoms with Crippen molar-refractivity contribution < 1.29 is 9.53 Å². The highest BCUT2D eigenvalue weighted by atomic mass is 16.5. The van der Waals surface area contributed by atoms with Crippen molar-refractivity contribution in [2.75, 3.05) is 18.5 Å². The predicted octanol–water partition coefficient (Wildman–Crippen LogP) is 3.44. The summed E-state index contributed by atoms with van der Waals surface area (Å²) < 4.78 is 8.86. The van der Waals surface area contributed by atoms with E-state index in [-0.39, 0.29) is 5.91 Å². The average molecular weight is 416 g/mol. The number of benzene rings is 1. The quantitative estimate of drug-likeness (QED) is 0.539. The van der Waals surface area contributed by atoms with Crippen LogP contribution in [0.15, 0.2) is 55.0 Å². The van der Waals surface area contributed by atoms with E-state index < -0.39 is 0 Å². The van der Waals surface area contributed by atoms with E-state index in [0.717, 1.165) is 43.9 Å². The van der Waals surface area contributed by atoms with Gasteiger partial charge in [-0.15, -0.1) is 0 Å². The summed E-state index contributed by atoms with van der Waals surface area (Å²) in [7, 11) is 0. The SMILES string of the molecule is Cc1ccc(-n2nc(CC3CCOCC3)cc2NC(=O)c2cnn3cccnc23)cc1. The molecule has 5 rings (SSSR count). The van der Waals surface area contributed by atoms with Gasteiger partial charge in [-0.1, -0.05) is 17.7 Å². The lowest BCUT2D eigenvalue weighted by Gasteiger charge is -2.20. The van der Waals surface area contributed by atoms with Crippen molar-refractivity contribution >= 4 is 17.4 Å². The van der Waals surface area contributed by atoms with Crippen LogP contribution in [0.25, 0.3) is 11.3 Å². The Balaban J connectivity index is 1.46. The van der Waals surface area contributed by atoms with E-state index >= 15 is 0 Å². The molecule has 1 aliphatic heterocycles. The van der Waals surface area contributed by atoms with Crippen LogP contribution in [0.1, 0.15) is 34.5 Å². The third kappa shape index (κ3) is 4.06. The number of nitrogens with zero attached hydrogens (tertiary/aromatic N) is 5. The normalized spacial score (nSPS) is 14.7. The number of nitrogens with one attached hydrogen (secondary N) is 1. The Morgan fingerprint density at radius 2 is 2.03 bits per heavy atom. The largest absolute Gasteiger partial charge is 0.381 e. The monoisotopic (exact) mass is 416 g/mol. The summed E-state index contributed by atoms with van der Waals surface area (Å²) in [6, 6.07) is 11.8. The zero-order valence-corrected chi connectivity index (χ0v) is 17.4. The number of carbonyl (C=O) groups excluding carboxylic acids is 1. The third-order valence-corrected chi connectivity index (χ3v) is 5.64. The second-order valence-electron chi connectivity index (χ2n) is 7.93. The summed E-state index contributed by atoms with van der Waals surface area (Å²) in [5.41, 5.74) is 3.96. The number of ether oxygens (including phenoxy) is 1. The van der Waals surface area contributed by atoms with Gasteiger partial charge in [-0.25, -0.2) is 14.2 Å². The number of amides is 1. The van der Waals surface area contributed by atoms with Crippen LogP contribution in [-0.2, 0) is 11.2 Å². The van der Waals surface area contributed by atoms with E-state index in [1.165, 1.54) is 11.8 Å². The predicted molar refractivity (Wildman–Crippen MR) is 116 cm³/mol. The van der Waals surface area contributed by atoms with Gasteiger partial charge >= 0.3 is 0 Å². The zero-order valence-electron chi connectivity index (χ0n) is 17.4. The lowest BCUT2D eigenvalue weighted by molar-refractivity contribution is 0.0662. The van der Waals surface area contributed by atoms with E-state index in [1.54, 1.807) is 27.7 Å². The Morgan fingerprint density at radius 3 is 2.84 bits per heavy atom. The molecular formula is C23H24N6O2. The molecule has 0 aliphatic carbocycles. The molecule has 31 heavy (non-hydrogen) atoms. The molecule has 1 N–H and O–H groups in total. The number of rotatable bonds is 5. The summed E-state index contributed by atoms with van der Waals surface area (Å²) >= 11 is 0. The highest BCUT2D eigenvalue weighted by molar-refractivity contribution is 6.07. The maximum absolute atomic E-state index is 13.1.